The molecule has 0 unspecified atom stereocenters. The standard InChI is InChI=1S/C14H15F3N2O2/c15-9-4-8(11(16)13(20)12(9)17)14(21)19-5-7-2-1-3-18-10(7)6-19/h4,7,10,18,20H,1-3,5-6H2/t7-,10+/m0/s1. The number of halogens is 3. The molecule has 0 spiro atoms. The monoisotopic (exact) mass is 300 g/mol. The Labute approximate surface area is 119 Å². The molecule has 2 saturated heterocycles. The SMILES string of the molecule is O=C(c1cc(F)c(F)c(O)c1F)N1C[C@@H]2CCCN[C@@H]2C1. The lowest BCUT2D eigenvalue weighted by molar-refractivity contribution is 0.0779. The van der Waals surface area contributed by atoms with Gasteiger partial charge in [-0.25, -0.2) is 8.78 Å². The molecule has 1 aromatic rings. The Morgan fingerprint density at radius 1 is 1.29 bits per heavy atom. The van der Waals surface area contributed by atoms with Crippen LogP contribution in [0.25, 0.3) is 0 Å². The molecule has 2 aliphatic heterocycles. The number of fused-ring (bicyclic) bond motifs is 1. The molecule has 0 aliphatic carbocycles. The molecule has 114 valence electrons. The van der Waals surface area contributed by atoms with E-state index >= 15 is 0 Å². The number of phenolic OH excluding ortho intramolecular Hbond substituents is 1. The summed E-state index contributed by atoms with van der Waals surface area (Å²) in [5.74, 6) is -6.41. The fourth-order valence-corrected chi connectivity index (χ4v) is 3.13. The fourth-order valence-electron chi connectivity index (χ4n) is 3.13. The number of hydrogen-bond acceptors (Lipinski definition) is 3. The second kappa shape index (κ2) is 5.22. The molecule has 2 heterocycles. The maximum Gasteiger partial charge on any atom is 0.257 e. The van der Waals surface area contributed by atoms with E-state index in [2.05, 4.69) is 5.32 Å². The fraction of sp³-hybridized carbons (Fsp3) is 0.500. The topological polar surface area (TPSA) is 52.6 Å². The largest absolute Gasteiger partial charge is 0.503 e. The van der Waals surface area contributed by atoms with E-state index in [0.29, 0.717) is 25.1 Å². The van der Waals surface area contributed by atoms with Gasteiger partial charge in [0.25, 0.3) is 5.91 Å². The van der Waals surface area contributed by atoms with Crippen LogP contribution in [0.2, 0.25) is 0 Å². The molecule has 1 amide bonds. The van der Waals surface area contributed by atoms with E-state index in [1.165, 1.54) is 4.90 Å². The third-order valence-corrected chi connectivity index (χ3v) is 4.25. The number of likely N-dealkylation sites (tertiary alicyclic amines) is 1. The van der Waals surface area contributed by atoms with Gasteiger partial charge in [-0.3, -0.25) is 4.79 Å². The van der Waals surface area contributed by atoms with Crippen LogP contribution in [-0.2, 0) is 0 Å². The second-order valence-corrected chi connectivity index (χ2v) is 5.56. The Balaban J connectivity index is 1.86. The highest BCUT2D eigenvalue weighted by atomic mass is 19.2. The zero-order valence-corrected chi connectivity index (χ0v) is 11.2. The van der Waals surface area contributed by atoms with Gasteiger partial charge in [0.1, 0.15) is 0 Å². The lowest BCUT2D eigenvalue weighted by Crippen LogP contribution is -2.41. The molecule has 2 N–H and O–H groups in total. The van der Waals surface area contributed by atoms with Crippen LogP contribution in [0.3, 0.4) is 0 Å². The van der Waals surface area contributed by atoms with Crippen LogP contribution in [0.5, 0.6) is 5.75 Å². The minimum Gasteiger partial charge on any atom is -0.503 e. The van der Waals surface area contributed by atoms with Gasteiger partial charge in [-0.2, -0.15) is 4.39 Å². The zero-order chi connectivity index (χ0) is 15.1. The molecule has 2 fully saturated rings. The lowest BCUT2D eigenvalue weighted by Gasteiger charge is -2.24. The summed E-state index contributed by atoms with van der Waals surface area (Å²) in [6.07, 6.45) is 2.00. The number of phenols is 1. The molecule has 21 heavy (non-hydrogen) atoms. The van der Waals surface area contributed by atoms with E-state index in [0.717, 1.165) is 19.4 Å². The Kier molecular flexibility index (Phi) is 3.52. The molecule has 0 aromatic heterocycles. The van der Waals surface area contributed by atoms with Crippen LogP contribution in [0.1, 0.15) is 23.2 Å². The minimum absolute atomic E-state index is 0.157. The summed E-state index contributed by atoms with van der Waals surface area (Å²) < 4.78 is 40.1. The van der Waals surface area contributed by atoms with Crippen LogP contribution < -0.4 is 5.32 Å². The van der Waals surface area contributed by atoms with Gasteiger partial charge in [0.2, 0.25) is 5.82 Å². The van der Waals surface area contributed by atoms with Gasteiger partial charge in [0.05, 0.1) is 5.56 Å². The molecule has 1 aromatic carbocycles. The first-order valence-electron chi connectivity index (χ1n) is 6.88. The number of benzene rings is 1. The maximum absolute atomic E-state index is 13.8. The number of nitrogens with zero attached hydrogens (tertiary/aromatic N) is 1. The summed E-state index contributed by atoms with van der Waals surface area (Å²) >= 11 is 0. The molecule has 0 saturated carbocycles. The number of piperidine rings is 1. The smallest absolute Gasteiger partial charge is 0.257 e. The van der Waals surface area contributed by atoms with Crippen molar-refractivity contribution in [1.29, 1.82) is 0 Å². The average Bonchev–Trinajstić information content (AvgIpc) is 2.92. The predicted molar refractivity (Wildman–Crippen MR) is 68.4 cm³/mol. The summed E-state index contributed by atoms with van der Waals surface area (Å²) in [6.45, 7) is 1.74. The van der Waals surface area contributed by atoms with Crippen LogP contribution in [-0.4, -0.2) is 41.6 Å². The van der Waals surface area contributed by atoms with Crippen molar-refractivity contribution in [2.75, 3.05) is 19.6 Å². The summed E-state index contributed by atoms with van der Waals surface area (Å²) in [6, 6.07) is 0.659. The van der Waals surface area contributed by atoms with Crippen molar-refractivity contribution in [3.05, 3.63) is 29.1 Å². The molecule has 2 atom stereocenters. The van der Waals surface area contributed by atoms with Gasteiger partial charge in [0, 0.05) is 19.1 Å². The first-order chi connectivity index (χ1) is 9.99. The average molecular weight is 300 g/mol. The first-order valence-corrected chi connectivity index (χ1v) is 6.88. The summed E-state index contributed by atoms with van der Waals surface area (Å²) in [5, 5.41) is 12.5. The molecular formula is C14H15F3N2O2. The highest BCUT2D eigenvalue weighted by molar-refractivity contribution is 5.95. The Bertz CT molecular complexity index is 580. The van der Waals surface area contributed by atoms with Gasteiger partial charge < -0.3 is 15.3 Å². The van der Waals surface area contributed by atoms with Crippen LogP contribution in [0, 0.1) is 23.4 Å². The Hall–Kier alpha value is -1.76. The van der Waals surface area contributed by atoms with Gasteiger partial charge >= 0.3 is 0 Å². The van der Waals surface area contributed by atoms with Crippen molar-refractivity contribution in [1.82, 2.24) is 10.2 Å². The second-order valence-electron chi connectivity index (χ2n) is 5.56. The third-order valence-electron chi connectivity index (χ3n) is 4.25. The normalized spacial score (nSPS) is 25.0. The van der Waals surface area contributed by atoms with Crippen molar-refractivity contribution in [3.8, 4) is 5.75 Å². The molecule has 4 nitrogen and oxygen atoms in total. The van der Waals surface area contributed by atoms with Crippen molar-refractivity contribution >= 4 is 5.91 Å². The van der Waals surface area contributed by atoms with Crippen LogP contribution in [0.4, 0.5) is 13.2 Å². The molecule has 3 rings (SSSR count). The number of hydrogen-bond donors (Lipinski definition) is 2. The van der Waals surface area contributed by atoms with E-state index in [1.54, 1.807) is 0 Å². The van der Waals surface area contributed by atoms with Gasteiger partial charge in [-0.15, -0.1) is 0 Å². The Morgan fingerprint density at radius 2 is 2.05 bits per heavy atom. The summed E-state index contributed by atoms with van der Waals surface area (Å²) in [5.41, 5.74) is -0.634. The molecular weight excluding hydrogens is 285 g/mol. The quantitative estimate of drug-likeness (QED) is 0.775. The number of amides is 1. The van der Waals surface area contributed by atoms with Crippen molar-refractivity contribution in [2.24, 2.45) is 5.92 Å². The number of rotatable bonds is 1. The molecule has 0 bridgehead atoms. The van der Waals surface area contributed by atoms with E-state index in [1.807, 2.05) is 0 Å². The predicted octanol–water partition coefficient (Wildman–Crippen LogP) is 1.63. The van der Waals surface area contributed by atoms with Crippen LogP contribution in [0.15, 0.2) is 6.07 Å². The van der Waals surface area contributed by atoms with Crippen molar-refractivity contribution in [2.45, 2.75) is 18.9 Å². The number of nitrogens with one attached hydrogen (secondary N) is 1. The van der Waals surface area contributed by atoms with Gasteiger partial charge in [0.15, 0.2) is 17.4 Å². The van der Waals surface area contributed by atoms with E-state index in [9.17, 15) is 23.1 Å². The minimum atomic E-state index is -1.68. The van der Waals surface area contributed by atoms with E-state index in [4.69, 9.17) is 0 Å². The Morgan fingerprint density at radius 3 is 2.76 bits per heavy atom. The third kappa shape index (κ3) is 2.35. The summed E-state index contributed by atoms with van der Waals surface area (Å²) in [4.78, 5) is 13.7. The van der Waals surface area contributed by atoms with Gasteiger partial charge in [-0.05, 0) is 31.4 Å². The highest BCUT2D eigenvalue weighted by Gasteiger charge is 2.38. The maximum atomic E-state index is 13.8. The zero-order valence-electron chi connectivity index (χ0n) is 11.2. The number of aromatic hydroxyl groups is 1. The summed E-state index contributed by atoms with van der Waals surface area (Å²) in [7, 11) is 0. The molecule has 2 aliphatic rings. The lowest BCUT2D eigenvalue weighted by atomic mass is 9.94. The highest BCUT2D eigenvalue weighted by Crippen LogP contribution is 2.30. The first kappa shape index (κ1) is 14.2. The van der Waals surface area contributed by atoms with Crippen LogP contribution >= 0.6 is 0 Å². The van der Waals surface area contributed by atoms with Gasteiger partial charge in [-0.1, -0.05) is 0 Å². The number of carbonyl (C=O) groups is 1. The van der Waals surface area contributed by atoms with Crippen molar-refractivity contribution < 1.29 is 23.1 Å². The molecule has 7 heteroatoms. The number of carbonyl (C=O) groups excluding carboxylic acids is 1. The van der Waals surface area contributed by atoms with E-state index < -0.39 is 34.7 Å². The van der Waals surface area contributed by atoms with Crippen molar-refractivity contribution in [3.63, 3.8) is 0 Å². The molecule has 0 radical (unpaired) electrons. The van der Waals surface area contributed by atoms with E-state index in [-0.39, 0.29) is 6.04 Å².